The number of nitrogens with one attached hydrogen (secondary N) is 1. The Morgan fingerprint density at radius 3 is 2.48 bits per heavy atom. The number of carbonyl (C=O) groups is 2. The number of imide groups is 1. The van der Waals surface area contributed by atoms with Crippen LogP contribution in [0.25, 0.3) is 0 Å². The van der Waals surface area contributed by atoms with Gasteiger partial charge in [0.15, 0.2) is 0 Å². The van der Waals surface area contributed by atoms with E-state index in [2.05, 4.69) is 5.32 Å². The lowest BCUT2D eigenvalue weighted by atomic mass is 10.2. The van der Waals surface area contributed by atoms with E-state index in [-0.39, 0.29) is 18.2 Å². The fourth-order valence-corrected chi connectivity index (χ4v) is 2.40. The van der Waals surface area contributed by atoms with Crippen molar-refractivity contribution in [2.24, 2.45) is 0 Å². The number of nitrogens with zero attached hydrogens (tertiary/aromatic N) is 2. The molecule has 114 valence electrons. The van der Waals surface area contributed by atoms with Gasteiger partial charge in [0.25, 0.3) is 5.91 Å². The van der Waals surface area contributed by atoms with E-state index in [4.69, 9.17) is 0 Å². The Bertz CT molecular complexity index is 511. The van der Waals surface area contributed by atoms with Crippen molar-refractivity contribution in [1.82, 2.24) is 4.90 Å². The molecule has 1 saturated heterocycles. The molecule has 0 aliphatic carbocycles. The van der Waals surface area contributed by atoms with Crippen molar-refractivity contribution in [2.45, 2.75) is 32.2 Å². The first kappa shape index (κ1) is 15.4. The van der Waals surface area contributed by atoms with E-state index in [0.717, 1.165) is 24.2 Å². The summed E-state index contributed by atoms with van der Waals surface area (Å²) in [5.41, 5.74) is 1.96. The number of anilines is 2. The van der Waals surface area contributed by atoms with Gasteiger partial charge in [-0.15, -0.1) is 0 Å². The number of hydrogen-bond acceptors (Lipinski definition) is 4. The quantitative estimate of drug-likeness (QED) is 0.815. The SMILES string of the molecule is CCCCN1C(=O)C[C@@H](Nc2ccc(N(C)C)cc2)C1=O. The summed E-state index contributed by atoms with van der Waals surface area (Å²) in [6, 6.07) is 7.40. The minimum absolute atomic E-state index is 0.0733. The molecule has 5 heteroatoms. The zero-order valence-electron chi connectivity index (χ0n) is 12.9. The second-order valence-corrected chi connectivity index (χ2v) is 5.58. The van der Waals surface area contributed by atoms with Gasteiger partial charge in [-0.25, -0.2) is 0 Å². The standard InChI is InChI=1S/C16H23N3O2/c1-4-5-10-19-15(20)11-14(16(19)21)17-12-6-8-13(9-7-12)18(2)3/h6-9,14,17H,4-5,10-11H2,1-3H3/t14-/m1/s1. The smallest absolute Gasteiger partial charge is 0.252 e. The molecule has 2 rings (SSSR count). The summed E-state index contributed by atoms with van der Waals surface area (Å²) in [5.74, 6) is -0.180. The van der Waals surface area contributed by atoms with Crippen molar-refractivity contribution in [2.75, 3.05) is 30.9 Å². The molecule has 0 aromatic heterocycles. The fraction of sp³-hybridized carbons (Fsp3) is 0.500. The highest BCUT2D eigenvalue weighted by atomic mass is 16.2. The predicted octanol–water partition coefficient (Wildman–Crippen LogP) is 2.09. The summed E-state index contributed by atoms with van der Waals surface area (Å²) in [6.07, 6.45) is 2.08. The minimum Gasteiger partial charge on any atom is -0.378 e. The number of amides is 2. The van der Waals surface area contributed by atoms with Crippen LogP contribution < -0.4 is 10.2 Å². The zero-order valence-corrected chi connectivity index (χ0v) is 12.9. The van der Waals surface area contributed by atoms with Gasteiger partial charge < -0.3 is 10.2 Å². The molecule has 1 aliphatic heterocycles. The Hall–Kier alpha value is -2.04. The molecular formula is C16H23N3O2. The van der Waals surface area contributed by atoms with Gasteiger partial charge in [-0.05, 0) is 30.7 Å². The topological polar surface area (TPSA) is 52.7 Å². The number of carbonyl (C=O) groups excluding carboxylic acids is 2. The second-order valence-electron chi connectivity index (χ2n) is 5.58. The highest BCUT2D eigenvalue weighted by Crippen LogP contribution is 2.21. The first-order chi connectivity index (χ1) is 10.0. The van der Waals surface area contributed by atoms with Crippen LogP contribution in [0.5, 0.6) is 0 Å². The molecule has 1 N–H and O–H groups in total. The monoisotopic (exact) mass is 289 g/mol. The van der Waals surface area contributed by atoms with Crippen molar-refractivity contribution in [3.8, 4) is 0 Å². The van der Waals surface area contributed by atoms with Gasteiger partial charge in [-0.3, -0.25) is 14.5 Å². The van der Waals surface area contributed by atoms with Crippen molar-refractivity contribution < 1.29 is 9.59 Å². The Balaban J connectivity index is 2.00. The molecule has 2 amide bonds. The fourth-order valence-electron chi connectivity index (χ4n) is 2.40. The summed E-state index contributed by atoms with van der Waals surface area (Å²) in [4.78, 5) is 27.5. The third kappa shape index (κ3) is 3.54. The summed E-state index contributed by atoms with van der Waals surface area (Å²) in [6.45, 7) is 2.58. The average molecular weight is 289 g/mol. The minimum atomic E-state index is -0.431. The van der Waals surface area contributed by atoms with E-state index in [1.165, 1.54) is 4.90 Å². The number of likely N-dealkylation sites (tertiary alicyclic amines) is 1. The van der Waals surface area contributed by atoms with Crippen LogP contribution in [0.2, 0.25) is 0 Å². The van der Waals surface area contributed by atoms with Crippen molar-refractivity contribution in [1.29, 1.82) is 0 Å². The summed E-state index contributed by atoms with van der Waals surface area (Å²) < 4.78 is 0. The molecule has 1 atom stereocenters. The van der Waals surface area contributed by atoms with Crippen molar-refractivity contribution >= 4 is 23.2 Å². The highest BCUT2D eigenvalue weighted by Gasteiger charge is 2.37. The molecule has 0 bridgehead atoms. The molecule has 21 heavy (non-hydrogen) atoms. The normalized spacial score (nSPS) is 18.2. The summed E-state index contributed by atoms with van der Waals surface area (Å²) in [5, 5.41) is 3.16. The Labute approximate surface area is 125 Å². The molecule has 1 aliphatic rings. The van der Waals surface area contributed by atoms with Gasteiger partial charge in [0.05, 0.1) is 6.42 Å². The molecule has 0 saturated carbocycles. The number of hydrogen-bond donors (Lipinski definition) is 1. The van der Waals surface area contributed by atoms with Crippen LogP contribution in [0, 0.1) is 0 Å². The Kier molecular flexibility index (Phi) is 4.83. The molecule has 1 aromatic carbocycles. The number of benzene rings is 1. The molecule has 0 radical (unpaired) electrons. The van der Waals surface area contributed by atoms with Crippen LogP contribution in [0.3, 0.4) is 0 Å². The van der Waals surface area contributed by atoms with Gasteiger partial charge in [0.1, 0.15) is 6.04 Å². The molecule has 0 unspecified atom stereocenters. The third-order valence-electron chi connectivity index (χ3n) is 3.70. The summed E-state index contributed by atoms with van der Waals surface area (Å²) in [7, 11) is 3.96. The Morgan fingerprint density at radius 2 is 1.90 bits per heavy atom. The number of unbranched alkanes of at least 4 members (excludes halogenated alkanes) is 1. The molecule has 5 nitrogen and oxygen atoms in total. The molecular weight excluding hydrogens is 266 g/mol. The Morgan fingerprint density at radius 1 is 1.24 bits per heavy atom. The van der Waals surface area contributed by atoms with E-state index in [0.29, 0.717) is 6.54 Å². The molecule has 1 fully saturated rings. The van der Waals surface area contributed by atoms with Gasteiger partial charge in [0, 0.05) is 32.0 Å². The second kappa shape index (κ2) is 6.61. The van der Waals surface area contributed by atoms with E-state index in [1.807, 2.05) is 50.2 Å². The molecule has 0 spiro atoms. The van der Waals surface area contributed by atoms with Crippen LogP contribution in [0.4, 0.5) is 11.4 Å². The summed E-state index contributed by atoms with van der Waals surface area (Å²) >= 11 is 0. The predicted molar refractivity (Wildman–Crippen MR) is 84.4 cm³/mol. The lowest BCUT2D eigenvalue weighted by Crippen LogP contribution is -2.35. The van der Waals surface area contributed by atoms with E-state index in [1.54, 1.807) is 0 Å². The van der Waals surface area contributed by atoms with Crippen LogP contribution >= 0.6 is 0 Å². The molecule has 1 aromatic rings. The van der Waals surface area contributed by atoms with Crippen molar-refractivity contribution in [3.05, 3.63) is 24.3 Å². The first-order valence-electron chi connectivity index (χ1n) is 7.41. The zero-order chi connectivity index (χ0) is 15.4. The maximum atomic E-state index is 12.2. The third-order valence-corrected chi connectivity index (χ3v) is 3.70. The van der Waals surface area contributed by atoms with E-state index >= 15 is 0 Å². The van der Waals surface area contributed by atoms with Crippen LogP contribution in [-0.4, -0.2) is 43.4 Å². The van der Waals surface area contributed by atoms with E-state index < -0.39 is 6.04 Å². The van der Waals surface area contributed by atoms with Gasteiger partial charge in [0.2, 0.25) is 5.91 Å². The van der Waals surface area contributed by atoms with Gasteiger partial charge in [-0.2, -0.15) is 0 Å². The van der Waals surface area contributed by atoms with Crippen molar-refractivity contribution in [3.63, 3.8) is 0 Å². The molecule has 1 heterocycles. The maximum absolute atomic E-state index is 12.2. The largest absolute Gasteiger partial charge is 0.378 e. The highest BCUT2D eigenvalue weighted by molar-refractivity contribution is 6.06. The van der Waals surface area contributed by atoms with Gasteiger partial charge >= 0.3 is 0 Å². The van der Waals surface area contributed by atoms with Crippen LogP contribution in [0.1, 0.15) is 26.2 Å². The first-order valence-corrected chi connectivity index (χ1v) is 7.41. The maximum Gasteiger partial charge on any atom is 0.252 e. The lowest BCUT2D eigenvalue weighted by Gasteiger charge is -2.17. The van der Waals surface area contributed by atoms with E-state index in [9.17, 15) is 9.59 Å². The lowest BCUT2D eigenvalue weighted by molar-refractivity contribution is -0.138. The average Bonchev–Trinajstić information content (AvgIpc) is 2.72. The van der Waals surface area contributed by atoms with Crippen LogP contribution in [0.15, 0.2) is 24.3 Å². The van der Waals surface area contributed by atoms with Crippen LogP contribution in [-0.2, 0) is 9.59 Å². The van der Waals surface area contributed by atoms with Gasteiger partial charge in [-0.1, -0.05) is 13.3 Å². The number of rotatable bonds is 6.